The minimum atomic E-state index is -0.448. The SMILES string of the molecule is CC1(Oc2ccc(C#N)cc2F)CCCCC1. The van der Waals surface area contributed by atoms with Crippen LogP contribution in [0.1, 0.15) is 44.6 Å². The van der Waals surface area contributed by atoms with Crippen molar-refractivity contribution in [2.24, 2.45) is 0 Å². The fourth-order valence-corrected chi connectivity index (χ4v) is 2.32. The summed E-state index contributed by atoms with van der Waals surface area (Å²) in [7, 11) is 0. The normalized spacial score (nSPS) is 18.4. The van der Waals surface area contributed by atoms with Gasteiger partial charge in [-0.2, -0.15) is 5.26 Å². The molecule has 0 aromatic heterocycles. The van der Waals surface area contributed by atoms with Crippen LogP contribution < -0.4 is 4.74 Å². The zero-order chi connectivity index (χ0) is 12.3. The van der Waals surface area contributed by atoms with E-state index in [0.717, 1.165) is 25.7 Å². The first kappa shape index (κ1) is 11.9. The molecule has 1 saturated carbocycles. The van der Waals surface area contributed by atoms with Gasteiger partial charge in [-0.05, 0) is 50.8 Å². The molecule has 90 valence electrons. The van der Waals surface area contributed by atoms with E-state index in [2.05, 4.69) is 0 Å². The number of ether oxygens (including phenoxy) is 1. The number of halogens is 1. The second-order valence-corrected chi connectivity index (χ2v) is 4.87. The van der Waals surface area contributed by atoms with Crippen molar-refractivity contribution in [1.82, 2.24) is 0 Å². The number of nitriles is 1. The zero-order valence-electron chi connectivity index (χ0n) is 10.0. The third-order valence-corrected chi connectivity index (χ3v) is 3.33. The predicted octanol–water partition coefficient (Wildman–Crippen LogP) is 3.80. The van der Waals surface area contributed by atoms with E-state index in [1.807, 2.05) is 13.0 Å². The van der Waals surface area contributed by atoms with E-state index in [0.29, 0.717) is 5.56 Å². The number of nitrogens with zero attached hydrogens (tertiary/aromatic N) is 1. The van der Waals surface area contributed by atoms with Crippen LogP contribution >= 0.6 is 0 Å². The van der Waals surface area contributed by atoms with Gasteiger partial charge in [-0.25, -0.2) is 4.39 Å². The Morgan fingerprint density at radius 2 is 2.00 bits per heavy atom. The Balaban J connectivity index is 2.15. The summed E-state index contributed by atoms with van der Waals surface area (Å²) in [5.74, 6) is -0.191. The van der Waals surface area contributed by atoms with Gasteiger partial charge in [-0.1, -0.05) is 6.42 Å². The standard InChI is InChI=1S/C14H16FNO/c1-14(7-3-2-4-8-14)17-13-6-5-11(10-16)9-12(13)15/h5-6,9H,2-4,7-8H2,1H3. The highest BCUT2D eigenvalue weighted by Gasteiger charge is 2.29. The van der Waals surface area contributed by atoms with Crippen molar-refractivity contribution in [3.63, 3.8) is 0 Å². The lowest BCUT2D eigenvalue weighted by Gasteiger charge is -2.34. The monoisotopic (exact) mass is 233 g/mol. The Morgan fingerprint density at radius 1 is 1.29 bits per heavy atom. The van der Waals surface area contributed by atoms with Crippen LogP contribution in [0.5, 0.6) is 5.75 Å². The summed E-state index contributed by atoms with van der Waals surface area (Å²) >= 11 is 0. The Bertz CT molecular complexity index is 444. The molecule has 0 N–H and O–H groups in total. The van der Waals surface area contributed by atoms with Crippen molar-refractivity contribution in [3.05, 3.63) is 29.6 Å². The quantitative estimate of drug-likeness (QED) is 0.778. The first-order valence-corrected chi connectivity index (χ1v) is 6.02. The Hall–Kier alpha value is -1.56. The van der Waals surface area contributed by atoms with Crippen molar-refractivity contribution >= 4 is 0 Å². The van der Waals surface area contributed by atoms with Gasteiger partial charge in [0.25, 0.3) is 0 Å². The molecule has 1 aliphatic carbocycles. The number of benzene rings is 1. The summed E-state index contributed by atoms with van der Waals surface area (Å²) in [6, 6.07) is 6.27. The molecule has 0 spiro atoms. The first-order chi connectivity index (χ1) is 8.13. The minimum absolute atomic E-state index is 0.257. The summed E-state index contributed by atoms with van der Waals surface area (Å²) in [6.07, 6.45) is 5.43. The maximum absolute atomic E-state index is 13.7. The van der Waals surface area contributed by atoms with Crippen LogP contribution in [0.2, 0.25) is 0 Å². The maximum atomic E-state index is 13.7. The van der Waals surface area contributed by atoms with Gasteiger partial charge in [-0.15, -0.1) is 0 Å². The second kappa shape index (κ2) is 4.75. The maximum Gasteiger partial charge on any atom is 0.166 e. The van der Waals surface area contributed by atoms with Crippen LogP contribution in [-0.2, 0) is 0 Å². The lowest BCUT2D eigenvalue weighted by atomic mass is 9.86. The highest BCUT2D eigenvalue weighted by Crippen LogP contribution is 2.33. The molecular formula is C14H16FNO. The van der Waals surface area contributed by atoms with Gasteiger partial charge in [0.15, 0.2) is 11.6 Å². The summed E-state index contributed by atoms with van der Waals surface area (Å²) in [6.45, 7) is 2.03. The molecule has 0 bridgehead atoms. The number of hydrogen-bond donors (Lipinski definition) is 0. The van der Waals surface area contributed by atoms with E-state index in [4.69, 9.17) is 10.00 Å². The molecule has 1 aliphatic rings. The molecule has 0 amide bonds. The van der Waals surface area contributed by atoms with E-state index >= 15 is 0 Å². The van der Waals surface area contributed by atoms with Gasteiger partial charge in [0, 0.05) is 0 Å². The zero-order valence-corrected chi connectivity index (χ0v) is 10.0. The molecule has 17 heavy (non-hydrogen) atoms. The van der Waals surface area contributed by atoms with Gasteiger partial charge < -0.3 is 4.74 Å². The van der Waals surface area contributed by atoms with E-state index < -0.39 is 5.82 Å². The van der Waals surface area contributed by atoms with Crippen molar-refractivity contribution in [3.8, 4) is 11.8 Å². The number of rotatable bonds is 2. The van der Waals surface area contributed by atoms with Crippen LogP contribution in [0.3, 0.4) is 0 Å². The van der Waals surface area contributed by atoms with Gasteiger partial charge in [0.1, 0.15) is 5.60 Å². The minimum Gasteiger partial charge on any atom is -0.485 e. The fraction of sp³-hybridized carbons (Fsp3) is 0.500. The van der Waals surface area contributed by atoms with E-state index in [9.17, 15) is 4.39 Å². The van der Waals surface area contributed by atoms with Crippen molar-refractivity contribution in [1.29, 1.82) is 5.26 Å². The molecule has 1 aromatic rings. The smallest absolute Gasteiger partial charge is 0.166 e. The molecule has 1 aromatic carbocycles. The summed E-state index contributed by atoms with van der Waals surface area (Å²) < 4.78 is 19.5. The molecule has 1 fully saturated rings. The van der Waals surface area contributed by atoms with Crippen molar-refractivity contribution in [2.75, 3.05) is 0 Å². The average molecular weight is 233 g/mol. The predicted molar refractivity (Wildman–Crippen MR) is 63.2 cm³/mol. The van der Waals surface area contributed by atoms with Gasteiger partial charge in [-0.3, -0.25) is 0 Å². The van der Waals surface area contributed by atoms with Crippen LogP contribution in [-0.4, -0.2) is 5.60 Å². The summed E-state index contributed by atoms with van der Waals surface area (Å²) in [5, 5.41) is 8.67. The third-order valence-electron chi connectivity index (χ3n) is 3.33. The lowest BCUT2D eigenvalue weighted by molar-refractivity contribution is 0.0447. The highest BCUT2D eigenvalue weighted by atomic mass is 19.1. The first-order valence-electron chi connectivity index (χ1n) is 6.02. The lowest BCUT2D eigenvalue weighted by Crippen LogP contribution is -2.34. The van der Waals surface area contributed by atoms with Crippen LogP contribution in [0.15, 0.2) is 18.2 Å². The van der Waals surface area contributed by atoms with Gasteiger partial charge >= 0.3 is 0 Å². The Kier molecular flexibility index (Phi) is 3.33. The summed E-state index contributed by atoms with van der Waals surface area (Å²) in [4.78, 5) is 0. The second-order valence-electron chi connectivity index (χ2n) is 4.87. The van der Waals surface area contributed by atoms with E-state index in [-0.39, 0.29) is 11.4 Å². The fourth-order valence-electron chi connectivity index (χ4n) is 2.32. The van der Waals surface area contributed by atoms with Crippen LogP contribution in [0.4, 0.5) is 4.39 Å². The van der Waals surface area contributed by atoms with Gasteiger partial charge in [0.2, 0.25) is 0 Å². The van der Waals surface area contributed by atoms with Crippen LogP contribution in [0.25, 0.3) is 0 Å². The topological polar surface area (TPSA) is 33.0 Å². The summed E-state index contributed by atoms with van der Waals surface area (Å²) in [5.41, 5.74) is 0.0661. The molecule has 0 heterocycles. The number of hydrogen-bond acceptors (Lipinski definition) is 2. The third kappa shape index (κ3) is 2.76. The van der Waals surface area contributed by atoms with Gasteiger partial charge in [0.05, 0.1) is 11.6 Å². The van der Waals surface area contributed by atoms with E-state index in [1.54, 1.807) is 12.1 Å². The molecule has 0 radical (unpaired) electrons. The molecule has 0 aliphatic heterocycles. The van der Waals surface area contributed by atoms with E-state index in [1.165, 1.54) is 12.5 Å². The molecule has 3 heteroatoms. The molecule has 2 nitrogen and oxygen atoms in total. The Labute approximate surface area is 101 Å². The highest BCUT2D eigenvalue weighted by molar-refractivity contribution is 5.36. The molecular weight excluding hydrogens is 217 g/mol. The molecule has 2 rings (SSSR count). The van der Waals surface area contributed by atoms with Crippen molar-refractivity contribution in [2.45, 2.75) is 44.6 Å². The van der Waals surface area contributed by atoms with Crippen LogP contribution in [0, 0.1) is 17.1 Å². The molecule has 0 unspecified atom stereocenters. The Morgan fingerprint density at radius 3 is 2.59 bits per heavy atom. The molecule has 0 saturated heterocycles. The largest absolute Gasteiger partial charge is 0.485 e. The molecule has 0 atom stereocenters. The van der Waals surface area contributed by atoms with Crippen molar-refractivity contribution < 1.29 is 9.13 Å². The average Bonchev–Trinajstić information content (AvgIpc) is 2.32.